The number of rotatable bonds is 5. The lowest BCUT2D eigenvalue weighted by Gasteiger charge is -2.44. The van der Waals surface area contributed by atoms with Gasteiger partial charge >= 0.3 is 0 Å². The summed E-state index contributed by atoms with van der Waals surface area (Å²) in [6.45, 7) is 5.25. The Morgan fingerprint density at radius 2 is 2.00 bits per heavy atom. The van der Waals surface area contributed by atoms with Crippen LogP contribution in [0.3, 0.4) is 0 Å². The predicted molar refractivity (Wildman–Crippen MR) is 111 cm³/mol. The fraction of sp³-hybridized carbons (Fsp3) is 0.947. The Balaban J connectivity index is 1.71. The number of aliphatic hydroxyl groups is 3. The molecule has 3 aliphatic rings. The number of carbonyl (C=O) groups excluding carboxylic acids is 1. The van der Waals surface area contributed by atoms with Crippen molar-refractivity contribution in [3.63, 3.8) is 0 Å². The molecule has 2 unspecified atom stereocenters. The summed E-state index contributed by atoms with van der Waals surface area (Å²) in [6, 6.07) is -1.25. The molecule has 3 fully saturated rings. The summed E-state index contributed by atoms with van der Waals surface area (Å²) >= 11 is 7.56. The number of halogens is 1. The molecule has 8 nitrogen and oxygen atoms in total. The van der Waals surface area contributed by atoms with Crippen LogP contribution in [0.4, 0.5) is 0 Å². The topological polar surface area (TPSA) is 120 Å². The third kappa shape index (κ3) is 5.03. The highest BCUT2D eigenvalue weighted by molar-refractivity contribution is 7.99. The minimum Gasteiger partial charge on any atom is -0.388 e. The number of ether oxygens (including phenoxy) is 2. The van der Waals surface area contributed by atoms with Crippen LogP contribution >= 0.6 is 23.4 Å². The van der Waals surface area contributed by atoms with Gasteiger partial charge in [-0.15, -0.1) is 23.4 Å². The Bertz CT molecular complexity index is 571. The fourth-order valence-electron chi connectivity index (χ4n) is 4.59. The highest BCUT2D eigenvalue weighted by Crippen LogP contribution is 2.32. The first-order valence-corrected chi connectivity index (χ1v) is 12.0. The van der Waals surface area contributed by atoms with Gasteiger partial charge in [0.2, 0.25) is 5.91 Å². The van der Waals surface area contributed by atoms with Gasteiger partial charge in [0.25, 0.3) is 0 Å². The second kappa shape index (κ2) is 9.99. The molecular weight excluding hydrogens is 420 g/mol. The number of thioether (sulfide) groups is 1. The van der Waals surface area contributed by atoms with Gasteiger partial charge in [0.15, 0.2) is 0 Å². The van der Waals surface area contributed by atoms with E-state index in [1.807, 2.05) is 0 Å². The Morgan fingerprint density at radius 3 is 2.66 bits per heavy atom. The van der Waals surface area contributed by atoms with Crippen LogP contribution in [0.2, 0.25) is 0 Å². The van der Waals surface area contributed by atoms with Crippen molar-refractivity contribution in [2.45, 2.75) is 80.1 Å². The number of amides is 1. The van der Waals surface area contributed by atoms with Crippen molar-refractivity contribution in [3.05, 3.63) is 0 Å². The Hall–Kier alpha value is -0.130. The summed E-state index contributed by atoms with van der Waals surface area (Å²) < 4.78 is 11.8. The number of hydrogen-bond donors (Lipinski definition) is 5. The Kier molecular flexibility index (Phi) is 8.11. The summed E-state index contributed by atoms with van der Waals surface area (Å²) in [5.74, 6) is 0.581. The van der Waals surface area contributed by atoms with Gasteiger partial charge in [-0.3, -0.25) is 4.79 Å². The van der Waals surface area contributed by atoms with Crippen molar-refractivity contribution < 1.29 is 29.6 Å². The molecule has 3 aliphatic heterocycles. The van der Waals surface area contributed by atoms with E-state index in [0.717, 1.165) is 19.4 Å². The maximum atomic E-state index is 13.1. The third-order valence-corrected chi connectivity index (χ3v) is 7.42. The van der Waals surface area contributed by atoms with Crippen LogP contribution in [0.15, 0.2) is 0 Å². The average molecular weight is 453 g/mol. The zero-order valence-electron chi connectivity index (χ0n) is 17.0. The molecular formula is C19H33ClN2O6S. The van der Waals surface area contributed by atoms with Crippen LogP contribution in [0.5, 0.6) is 0 Å². The van der Waals surface area contributed by atoms with Crippen molar-refractivity contribution >= 4 is 29.3 Å². The molecule has 10 heteroatoms. The van der Waals surface area contributed by atoms with E-state index in [1.165, 1.54) is 11.8 Å². The van der Waals surface area contributed by atoms with Gasteiger partial charge in [0, 0.05) is 13.2 Å². The van der Waals surface area contributed by atoms with Gasteiger partial charge in [0.1, 0.15) is 35.9 Å². The molecule has 0 aromatic heterocycles. The van der Waals surface area contributed by atoms with Crippen LogP contribution in [-0.4, -0.2) is 94.1 Å². The van der Waals surface area contributed by atoms with Crippen molar-refractivity contribution in [2.75, 3.05) is 19.4 Å². The molecule has 0 saturated carbocycles. The van der Waals surface area contributed by atoms with E-state index in [1.54, 1.807) is 13.2 Å². The smallest absolute Gasteiger partial charge is 0.240 e. The molecule has 168 valence electrons. The minimum atomic E-state index is -1.39. The van der Waals surface area contributed by atoms with Gasteiger partial charge in [-0.1, -0.05) is 6.92 Å². The predicted octanol–water partition coefficient (Wildman–Crippen LogP) is -0.328. The second-order valence-corrected chi connectivity index (χ2v) is 10.1. The summed E-state index contributed by atoms with van der Waals surface area (Å²) in [5, 5.41) is 36.4. The highest BCUT2D eigenvalue weighted by Gasteiger charge is 2.49. The third-order valence-electron chi connectivity index (χ3n) is 6.30. The van der Waals surface area contributed by atoms with Gasteiger partial charge < -0.3 is 35.4 Å². The molecule has 0 spiro atoms. The lowest BCUT2D eigenvalue weighted by atomic mass is 9.90. The van der Waals surface area contributed by atoms with E-state index >= 15 is 0 Å². The van der Waals surface area contributed by atoms with E-state index in [9.17, 15) is 20.1 Å². The molecule has 3 heterocycles. The van der Waals surface area contributed by atoms with Gasteiger partial charge in [-0.2, -0.15) is 0 Å². The summed E-state index contributed by atoms with van der Waals surface area (Å²) in [7, 11) is 0. The molecule has 1 amide bonds. The van der Waals surface area contributed by atoms with Gasteiger partial charge in [0.05, 0.1) is 17.5 Å². The molecule has 11 atom stereocenters. The number of carbonyl (C=O) groups is 1. The zero-order chi connectivity index (χ0) is 21.3. The summed E-state index contributed by atoms with van der Waals surface area (Å²) in [5.41, 5.74) is -0.728. The Labute approximate surface area is 181 Å². The lowest BCUT2D eigenvalue weighted by molar-refractivity contribution is -0.205. The van der Waals surface area contributed by atoms with Crippen LogP contribution in [0.25, 0.3) is 0 Å². The van der Waals surface area contributed by atoms with Crippen molar-refractivity contribution in [3.8, 4) is 0 Å². The molecule has 5 N–H and O–H groups in total. The van der Waals surface area contributed by atoms with E-state index in [2.05, 4.69) is 17.6 Å². The normalized spacial score (nSPS) is 45.1. The van der Waals surface area contributed by atoms with Crippen LogP contribution in [0.1, 0.15) is 26.7 Å². The monoisotopic (exact) mass is 452 g/mol. The van der Waals surface area contributed by atoms with E-state index < -0.39 is 47.3 Å². The zero-order valence-corrected chi connectivity index (χ0v) is 18.6. The summed E-state index contributed by atoms with van der Waals surface area (Å²) in [6.07, 6.45) is -1.40. The second-order valence-electron chi connectivity index (χ2n) is 8.50. The number of nitrogens with one attached hydrogen (secondary N) is 2. The SMILES string of the molecule is CSC1O[C@H]([C@H](NC(=O)[C@H]2NC[C@@H]3C[C@H](C)CCO[C@H]32)[C@H](C)Cl)C(O)[C@@H](O)[C@H]1O. The average Bonchev–Trinajstić information content (AvgIpc) is 2.97. The standard InChI is InChI=1S/C19H33ClN2O6S/c1-8-4-5-27-16-10(6-8)7-21-12(16)18(26)22-11(9(2)20)17-14(24)13(23)15(25)19(28-17)29-3/h8-17,19,21,23-25H,4-7H2,1-3H3,(H,22,26)/t8-,9+,10+,11-,12+,13-,14?,15-,16-,17-,19?/m1/s1. The molecule has 3 rings (SSSR count). The minimum absolute atomic E-state index is 0.199. The van der Waals surface area contributed by atoms with Crippen LogP contribution in [0, 0.1) is 11.8 Å². The number of aliphatic hydroxyl groups excluding tert-OH is 3. The van der Waals surface area contributed by atoms with Gasteiger partial charge in [-0.05, 0) is 37.9 Å². The van der Waals surface area contributed by atoms with Crippen LogP contribution in [-0.2, 0) is 14.3 Å². The van der Waals surface area contributed by atoms with E-state index in [4.69, 9.17) is 21.1 Å². The molecule has 29 heavy (non-hydrogen) atoms. The lowest BCUT2D eigenvalue weighted by Crippen LogP contribution is -2.65. The van der Waals surface area contributed by atoms with Crippen molar-refractivity contribution in [2.24, 2.45) is 11.8 Å². The van der Waals surface area contributed by atoms with Crippen molar-refractivity contribution in [1.29, 1.82) is 0 Å². The molecule has 0 bridgehead atoms. The molecule has 0 aliphatic carbocycles. The molecule has 0 aromatic carbocycles. The number of fused-ring (bicyclic) bond motifs is 1. The molecule has 0 radical (unpaired) electrons. The quantitative estimate of drug-likeness (QED) is 0.360. The first-order valence-electron chi connectivity index (χ1n) is 10.3. The number of hydrogen-bond acceptors (Lipinski definition) is 8. The molecule has 3 saturated heterocycles. The number of alkyl halides is 1. The van der Waals surface area contributed by atoms with E-state index in [-0.39, 0.29) is 17.9 Å². The van der Waals surface area contributed by atoms with Crippen molar-refractivity contribution in [1.82, 2.24) is 10.6 Å². The Morgan fingerprint density at radius 1 is 1.28 bits per heavy atom. The largest absolute Gasteiger partial charge is 0.388 e. The molecule has 0 aromatic rings. The first-order chi connectivity index (χ1) is 13.7. The van der Waals surface area contributed by atoms with Gasteiger partial charge in [-0.25, -0.2) is 0 Å². The maximum absolute atomic E-state index is 13.1. The first kappa shape index (κ1) is 23.5. The maximum Gasteiger partial charge on any atom is 0.240 e. The van der Waals surface area contributed by atoms with E-state index in [0.29, 0.717) is 12.5 Å². The summed E-state index contributed by atoms with van der Waals surface area (Å²) in [4.78, 5) is 13.1. The highest BCUT2D eigenvalue weighted by atomic mass is 35.5. The van der Waals surface area contributed by atoms with Crippen LogP contribution < -0.4 is 10.6 Å². The fourth-order valence-corrected chi connectivity index (χ4v) is 5.48.